The number of methoxy groups -OCH3 is 1. The maximum atomic E-state index is 11.6. The summed E-state index contributed by atoms with van der Waals surface area (Å²) in [6.45, 7) is 2.09. The van der Waals surface area contributed by atoms with E-state index in [9.17, 15) is 9.59 Å². The molecular weight excluding hydrogens is 300 g/mol. The minimum absolute atomic E-state index is 0.271. The van der Waals surface area contributed by atoms with E-state index in [0.717, 1.165) is 10.0 Å². The van der Waals surface area contributed by atoms with Crippen molar-refractivity contribution in [3.8, 4) is 0 Å². The molecule has 0 amide bonds. The molecule has 4 nitrogen and oxygen atoms in total. The van der Waals surface area contributed by atoms with Gasteiger partial charge in [-0.2, -0.15) is 0 Å². The Morgan fingerprint density at radius 3 is 2.61 bits per heavy atom. The highest BCUT2D eigenvalue weighted by Crippen LogP contribution is 2.18. The van der Waals surface area contributed by atoms with Gasteiger partial charge in [0.2, 0.25) is 0 Å². The molecule has 0 unspecified atom stereocenters. The molecule has 0 aliphatic carbocycles. The predicted molar refractivity (Wildman–Crippen MR) is 70.4 cm³/mol. The third kappa shape index (κ3) is 4.49. The molecule has 0 bridgehead atoms. The van der Waals surface area contributed by atoms with Gasteiger partial charge in [-0.15, -0.1) is 0 Å². The summed E-state index contributed by atoms with van der Waals surface area (Å²) in [6, 6.07) is 5.29. The van der Waals surface area contributed by atoms with Crippen molar-refractivity contribution in [3.05, 3.63) is 33.8 Å². The molecule has 0 atom stereocenters. The number of hydrogen-bond donors (Lipinski definition) is 0. The zero-order chi connectivity index (χ0) is 13.5. The number of halogens is 1. The van der Waals surface area contributed by atoms with Gasteiger partial charge in [-0.1, -0.05) is 15.9 Å². The number of carbonyl (C=O) groups is 2. The van der Waals surface area contributed by atoms with Crippen LogP contribution in [0.3, 0.4) is 0 Å². The van der Waals surface area contributed by atoms with Crippen molar-refractivity contribution in [1.29, 1.82) is 0 Å². The maximum Gasteiger partial charge on any atom is 0.338 e. The van der Waals surface area contributed by atoms with E-state index in [1.165, 1.54) is 7.11 Å². The van der Waals surface area contributed by atoms with Gasteiger partial charge in [0.1, 0.15) is 0 Å². The van der Waals surface area contributed by atoms with Crippen LogP contribution in [-0.2, 0) is 20.7 Å². The highest BCUT2D eigenvalue weighted by atomic mass is 79.9. The van der Waals surface area contributed by atoms with Crippen LogP contribution in [0.1, 0.15) is 29.3 Å². The summed E-state index contributed by atoms with van der Waals surface area (Å²) < 4.78 is 10.3. The molecule has 1 aromatic carbocycles. The zero-order valence-corrected chi connectivity index (χ0v) is 12.0. The van der Waals surface area contributed by atoms with Crippen LogP contribution in [0.15, 0.2) is 22.7 Å². The molecule has 5 heteroatoms. The van der Waals surface area contributed by atoms with Crippen LogP contribution < -0.4 is 0 Å². The van der Waals surface area contributed by atoms with Gasteiger partial charge in [0.05, 0.1) is 19.3 Å². The Kier molecular flexibility index (Phi) is 5.85. The topological polar surface area (TPSA) is 52.6 Å². The lowest BCUT2D eigenvalue weighted by molar-refractivity contribution is -0.140. The molecule has 0 radical (unpaired) electrons. The number of esters is 2. The lowest BCUT2D eigenvalue weighted by Crippen LogP contribution is -2.06. The van der Waals surface area contributed by atoms with Crippen LogP contribution >= 0.6 is 15.9 Å². The monoisotopic (exact) mass is 314 g/mol. The summed E-state index contributed by atoms with van der Waals surface area (Å²) >= 11 is 3.33. The second-order valence-corrected chi connectivity index (χ2v) is 4.56. The lowest BCUT2D eigenvalue weighted by atomic mass is 10.1. The Bertz CT molecular complexity index is 443. The predicted octanol–water partition coefficient (Wildman–Crippen LogP) is 2.73. The molecule has 1 rings (SSSR count). The second-order valence-electron chi connectivity index (χ2n) is 3.64. The number of rotatable bonds is 5. The van der Waals surface area contributed by atoms with Gasteiger partial charge in [0.15, 0.2) is 0 Å². The molecule has 0 saturated heterocycles. The number of aryl methyl sites for hydroxylation is 1. The standard InChI is InChI=1S/C13H15BrO4/c1-3-18-13(16)10-6-9(7-11(14)8-10)4-5-12(15)17-2/h6-8H,3-5H2,1-2H3. The van der Waals surface area contributed by atoms with E-state index >= 15 is 0 Å². The summed E-state index contributed by atoms with van der Waals surface area (Å²) in [4.78, 5) is 22.7. The van der Waals surface area contributed by atoms with E-state index in [0.29, 0.717) is 18.6 Å². The second kappa shape index (κ2) is 7.16. The van der Waals surface area contributed by atoms with Crippen LogP contribution in [0.5, 0.6) is 0 Å². The van der Waals surface area contributed by atoms with Crippen LogP contribution in [0.25, 0.3) is 0 Å². The number of hydrogen-bond acceptors (Lipinski definition) is 4. The Morgan fingerprint density at radius 2 is 2.00 bits per heavy atom. The van der Waals surface area contributed by atoms with Crippen LogP contribution in [-0.4, -0.2) is 25.7 Å². The van der Waals surface area contributed by atoms with Crippen LogP contribution in [0.2, 0.25) is 0 Å². The van der Waals surface area contributed by atoms with Gasteiger partial charge in [-0.25, -0.2) is 4.79 Å². The van der Waals surface area contributed by atoms with Crippen LogP contribution in [0, 0.1) is 0 Å². The fourth-order valence-electron chi connectivity index (χ4n) is 1.48. The van der Waals surface area contributed by atoms with E-state index in [2.05, 4.69) is 20.7 Å². The van der Waals surface area contributed by atoms with Gasteiger partial charge >= 0.3 is 11.9 Å². The largest absolute Gasteiger partial charge is 0.469 e. The fraction of sp³-hybridized carbons (Fsp3) is 0.385. The van der Waals surface area contributed by atoms with Crippen molar-refractivity contribution in [2.24, 2.45) is 0 Å². The summed E-state index contributed by atoms with van der Waals surface area (Å²) in [5, 5.41) is 0. The molecule has 1 aromatic rings. The summed E-state index contributed by atoms with van der Waals surface area (Å²) in [5.41, 5.74) is 1.36. The average molecular weight is 315 g/mol. The Labute approximate surface area is 114 Å². The number of ether oxygens (including phenoxy) is 2. The summed E-state index contributed by atoms with van der Waals surface area (Å²) in [5.74, 6) is -0.634. The highest BCUT2D eigenvalue weighted by Gasteiger charge is 2.10. The lowest BCUT2D eigenvalue weighted by Gasteiger charge is -2.06. The minimum Gasteiger partial charge on any atom is -0.469 e. The molecule has 0 heterocycles. The first kappa shape index (κ1) is 14.7. The van der Waals surface area contributed by atoms with Crippen molar-refractivity contribution in [2.75, 3.05) is 13.7 Å². The molecule has 0 fully saturated rings. The van der Waals surface area contributed by atoms with Gasteiger partial charge in [0, 0.05) is 10.9 Å². The molecule has 0 saturated carbocycles. The van der Waals surface area contributed by atoms with E-state index in [4.69, 9.17) is 4.74 Å². The van der Waals surface area contributed by atoms with E-state index in [1.807, 2.05) is 6.07 Å². The van der Waals surface area contributed by atoms with Crippen molar-refractivity contribution in [3.63, 3.8) is 0 Å². The fourth-order valence-corrected chi connectivity index (χ4v) is 2.02. The van der Waals surface area contributed by atoms with Gasteiger partial charge in [-0.3, -0.25) is 4.79 Å². The van der Waals surface area contributed by atoms with Gasteiger partial charge in [-0.05, 0) is 37.1 Å². The molecule has 0 aliphatic heterocycles. The first-order valence-electron chi connectivity index (χ1n) is 5.60. The molecular formula is C13H15BrO4. The normalized spacial score (nSPS) is 9.94. The number of benzene rings is 1. The third-order valence-electron chi connectivity index (χ3n) is 2.31. The third-order valence-corrected chi connectivity index (χ3v) is 2.77. The minimum atomic E-state index is -0.363. The van der Waals surface area contributed by atoms with Gasteiger partial charge < -0.3 is 9.47 Å². The zero-order valence-electron chi connectivity index (χ0n) is 10.4. The van der Waals surface area contributed by atoms with Crippen molar-refractivity contribution in [2.45, 2.75) is 19.8 Å². The Balaban J connectivity index is 2.80. The first-order chi connectivity index (χ1) is 8.56. The number of carbonyl (C=O) groups excluding carboxylic acids is 2. The molecule has 0 N–H and O–H groups in total. The van der Waals surface area contributed by atoms with E-state index < -0.39 is 0 Å². The van der Waals surface area contributed by atoms with Crippen molar-refractivity contribution < 1.29 is 19.1 Å². The quantitative estimate of drug-likeness (QED) is 0.784. The van der Waals surface area contributed by atoms with Crippen molar-refractivity contribution >= 4 is 27.9 Å². The van der Waals surface area contributed by atoms with E-state index in [1.54, 1.807) is 19.1 Å². The molecule has 0 aliphatic rings. The average Bonchev–Trinajstić information content (AvgIpc) is 2.35. The Hall–Kier alpha value is -1.36. The van der Waals surface area contributed by atoms with Gasteiger partial charge in [0.25, 0.3) is 0 Å². The highest BCUT2D eigenvalue weighted by molar-refractivity contribution is 9.10. The Morgan fingerprint density at radius 1 is 1.28 bits per heavy atom. The van der Waals surface area contributed by atoms with Crippen LogP contribution in [0.4, 0.5) is 0 Å². The molecule has 98 valence electrons. The molecule has 0 spiro atoms. The molecule has 0 aromatic heterocycles. The SMILES string of the molecule is CCOC(=O)c1cc(Br)cc(CCC(=O)OC)c1. The summed E-state index contributed by atoms with van der Waals surface area (Å²) in [6.07, 6.45) is 0.813. The van der Waals surface area contributed by atoms with E-state index in [-0.39, 0.29) is 18.4 Å². The maximum absolute atomic E-state index is 11.6. The molecule has 18 heavy (non-hydrogen) atoms. The smallest absolute Gasteiger partial charge is 0.338 e. The van der Waals surface area contributed by atoms with Crippen molar-refractivity contribution in [1.82, 2.24) is 0 Å². The summed E-state index contributed by atoms with van der Waals surface area (Å²) in [7, 11) is 1.35. The first-order valence-corrected chi connectivity index (χ1v) is 6.39.